The highest BCUT2D eigenvalue weighted by molar-refractivity contribution is 7.89. The second-order valence-corrected chi connectivity index (χ2v) is 6.56. The van der Waals surface area contributed by atoms with Crippen LogP contribution in [-0.2, 0) is 10.0 Å². The van der Waals surface area contributed by atoms with Gasteiger partial charge in [0.25, 0.3) is 0 Å². The van der Waals surface area contributed by atoms with Gasteiger partial charge in [-0.3, -0.25) is 0 Å². The zero-order valence-electron chi connectivity index (χ0n) is 11.5. The maximum absolute atomic E-state index is 12.2. The van der Waals surface area contributed by atoms with Crippen LogP contribution in [0.4, 0.5) is 0 Å². The Hall–Kier alpha value is -1.35. The van der Waals surface area contributed by atoms with E-state index >= 15 is 0 Å². The van der Waals surface area contributed by atoms with Gasteiger partial charge in [0, 0.05) is 11.1 Å². The molecule has 0 heterocycles. The summed E-state index contributed by atoms with van der Waals surface area (Å²) in [7, 11) is -3.53. The van der Waals surface area contributed by atoms with E-state index in [4.69, 9.17) is 5.73 Å². The van der Waals surface area contributed by atoms with E-state index in [1.165, 1.54) is 0 Å². The van der Waals surface area contributed by atoms with Crippen molar-refractivity contribution in [2.24, 2.45) is 5.73 Å². The molecule has 1 aromatic carbocycles. The Morgan fingerprint density at radius 3 is 2.63 bits per heavy atom. The van der Waals surface area contributed by atoms with Gasteiger partial charge in [-0.25, -0.2) is 13.1 Å². The molecule has 0 atom stereocenters. The summed E-state index contributed by atoms with van der Waals surface area (Å²) >= 11 is 0. The van der Waals surface area contributed by atoms with Gasteiger partial charge in [-0.1, -0.05) is 24.8 Å². The molecule has 0 bridgehead atoms. The Morgan fingerprint density at radius 2 is 2.05 bits per heavy atom. The molecule has 0 unspecified atom stereocenters. The van der Waals surface area contributed by atoms with Gasteiger partial charge in [0.05, 0.1) is 11.4 Å². The summed E-state index contributed by atoms with van der Waals surface area (Å²) in [5.74, 6) is 5.53. The number of hydrogen-bond donors (Lipinski definition) is 2. The van der Waals surface area contributed by atoms with Gasteiger partial charge in [0.2, 0.25) is 10.0 Å². The fourth-order valence-corrected chi connectivity index (χ4v) is 2.92. The van der Waals surface area contributed by atoms with Crippen molar-refractivity contribution < 1.29 is 8.42 Å². The van der Waals surface area contributed by atoms with Gasteiger partial charge in [0.15, 0.2) is 0 Å². The highest BCUT2D eigenvalue weighted by Gasteiger charge is 2.24. The lowest BCUT2D eigenvalue weighted by Crippen LogP contribution is -2.42. The molecule has 0 saturated carbocycles. The maximum atomic E-state index is 12.2. The maximum Gasteiger partial charge on any atom is 0.241 e. The minimum absolute atomic E-state index is 0.220. The molecule has 3 N–H and O–H groups in total. The minimum Gasteiger partial charge on any atom is -0.320 e. The molecular formula is C14H20N2O2S. The lowest BCUT2D eigenvalue weighted by Gasteiger charge is -2.24. The zero-order valence-corrected chi connectivity index (χ0v) is 12.3. The molecule has 104 valence electrons. The molecule has 0 saturated heterocycles. The fourth-order valence-electron chi connectivity index (χ4n) is 1.39. The predicted molar refractivity (Wildman–Crippen MR) is 77.1 cm³/mol. The second kappa shape index (κ2) is 6.20. The Labute approximate surface area is 115 Å². The number of nitrogens with two attached hydrogens (primary N) is 1. The van der Waals surface area contributed by atoms with Gasteiger partial charge in [-0.15, -0.1) is 0 Å². The number of sulfonamides is 1. The van der Waals surface area contributed by atoms with Crippen LogP contribution in [-0.4, -0.2) is 20.5 Å². The molecule has 1 rings (SSSR count). The minimum atomic E-state index is -3.53. The van der Waals surface area contributed by atoms with Crippen LogP contribution in [0.3, 0.4) is 0 Å². The summed E-state index contributed by atoms with van der Waals surface area (Å²) in [5.41, 5.74) is 5.46. The van der Waals surface area contributed by atoms with Crippen LogP contribution in [0.2, 0.25) is 0 Å². The second-order valence-electron chi connectivity index (χ2n) is 4.88. The molecule has 0 radical (unpaired) electrons. The normalized spacial score (nSPS) is 11.8. The molecule has 4 nitrogen and oxygen atoms in total. The molecule has 0 aliphatic rings. The van der Waals surface area contributed by atoms with E-state index in [2.05, 4.69) is 16.6 Å². The zero-order chi connectivity index (χ0) is 14.5. The average molecular weight is 280 g/mol. The first kappa shape index (κ1) is 15.7. The topological polar surface area (TPSA) is 72.2 Å². The lowest BCUT2D eigenvalue weighted by atomic mass is 10.0. The third-order valence-corrected chi connectivity index (χ3v) is 4.47. The largest absolute Gasteiger partial charge is 0.320 e. The fraction of sp³-hybridized carbons (Fsp3) is 0.429. The van der Waals surface area contributed by atoms with Gasteiger partial charge >= 0.3 is 0 Å². The Bertz CT molecular complexity index is 595. The molecule has 0 aromatic heterocycles. The monoisotopic (exact) mass is 280 g/mol. The van der Waals surface area contributed by atoms with Crippen molar-refractivity contribution in [2.75, 3.05) is 6.54 Å². The van der Waals surface area contributed by atoms with Gasteiger partial charge in [-0.05, 0) is 38.5 Å². The van der Waals surface area contributed by atoms with E-state index in [0.717, 1.165) is 0 Å². The quantitative estimate of drug-likeness (QED) is 0.820. The summed E-state index contributed by atoms with van der Waals surface area (Å²) in [6, 6.07) is 6.54. The van der Waals surface area contributed by atoms with Crippen LogP contribution in [0.1, 0.15) is 32.8 Å². The van der Waals surface area contributed by atoms with Gasteiger partial charge in [0.1, 0.15) is 0 Å². The van der Waals surface area contributed by atoms with Crippen molar-refractivity contribution in [1.82, 2.24) is 4.72 Å². The van der Waals surface area contributed by atoms with Crippen molar-refractivity contribution in [2.45, 2.75) is 37.6 Å². The van der Waals surface area contributed by atoms with E-state index in [1.807, 2.05) is 20.8 Å². The number of benzene rings is 1. The van der Waals surface area contributed by atoms with E-state index in [0.29, 0.717) is 12.0 Å². The lowest BCUT2D eigenvalue weighted by molar-refractivity contribution is 0.439. The Balaban J connectivity index is 3.09. The molecule has 0 aliphatic heterocycles. The van der Waals surface area contributed by atoms with Crippen molar-refractivity contribution in [1.29, 1.82) is 0 Å². The third-order valence-electron chi connectivity index (χ3n) is 2.77. The van der Waals surface area contributed by atoms with Crippen LogP contribution in [0.5, 0.6) is 0 Å². The van der Waals surface area contributed by atoms with Crippen molar-refractivity contribution in [3.05, 3.63) is 29.8 Å². The molecular weight excluding hydrogens is 260 g/mol. The van der Waals surface area contributed by atoms with Crippen molar-refractivity contribution in [3.63, 3.8) is 0 Å². The third kappa shape index (κ3) is 4.67. The van der Waals surface area contributed by atoms with Gasteiger partial charge < -0.3 is 5.73 Å². The molecule has 0 fully saturated rings. The Kier molecular flexibility index (Phi) is 5.12. The first-order valence-corrected chi connectivity index (χ1v) is 7.62. The average Bonchev–Trinajstić information content (AvgIpc) is 2.35. The van der Waals surface area contributed by atoms with E-state index in [-0.39, 0.29) is 11.4 Å². The molecule has 0 amide bonds. The number of nitrogens with one attached hydrogen (secondary N) is 1. The number of rotatable bonds is 4. The van der Waals surface area contributed by atoms with Crippen molar-refractivity contribution >= 4 is 10.0 Å². The van der Waals surface area contributed by atoms with E-state index in [9.17, 15) is 8.42 Å². The predicted octanol–water partition coefficient (Wildman–Crippen LogP) is 1.46. The molecule has 0 aliphatic carbocycles. The summed E-state index contributed by atoms with van der Waals surface area (Å²) < 4.78 is 27.2. The first-order valence-electron chi connectivity index (χ1n) is 6.14. The SMILES string of the molecule is CCC(C)(C)NS(=O)(=O)c1cccc(C#CCN)c1. The van der Waals surface area contributed by atoms with Crippen LogP contribution in [0.25, 0.3) is 0 Å². The molecule has 19 heavy (non-hydrogen) atoms. The summed E-state index contributed by atoms with van der Waals surface area (Å²) in [4.78, 5) is 0.220. The van der Waals surface area contributed by atoms with Crippen LogP contribution >= 0.6 is 0 Å². The van der Waals surface area contributed by atoms with Crippen LogP contribution in [0, 0.1) is 11.8 Å². The molecule has 0 spiro atoms. The summed E-state index contributed by atoms with van der Waals surface area (Å²) in [6.07, 6.45) is 0.707. The molecule has 5 heteroatoms. The van der Waals surface area contributed by atoms with Crippen LogP contribution < -0.4 is 10.5 Å². The highest BCUT2D eigenvalue weighted by Crippen LogP contribution is 2.16. The summed E-state index contributed by atoms with van der Waals surface area (Å²) in [5, 5.41) is 0. The summed E-state index contributed by atoms with van der Waals surface area (Å²) in [6.45, 7) is 5.88. The van der Waals surface area contributed by atoms with Crippen LogP contribution in [0.15, 0.2) is 29.2 Å². The first-order chi connectivity index (χ1) is 8.80. The number of hydrogen-bond acceptors (Lipinski definition) is 3. The Morgan fingerprint density at radius 1 is 1.37 bits per heavy atom. The van der Waals surface area contributed by atoms with E-state index in [1.54, 1.807) is 24.3 Å². The van der Waals surface area contributed by atoms with Crippen molar-refractivity contribution in [3.8, 4) is 11.8 Å². The van der Waals surface area contributed by atoms with E-state index < -0.39 is 15.6 Å². The smallest absolute Gasteiger partial charge is 0.241 e. The van der Waals surface area contributed by atoms with Gasteiger partial charge in [-0.2, -0.15) is 0 Å². The standard InChI is InChI=1S/C14H20N2O2S/c1-4-14(2,3)16-19(17,18)13-9-5-7-12(11-13)8-6-10-15/h5,7,9,11,16H,4,10,15H2,1-3H3. The molecule has 1 aromatic rings. The highest BCUT2D eigenvalue weighted by atomic mass is 32.2.